The van der Waals surface area contributed by atoms with Gasteiger partial charge in [-0.05, 0) is 67.9 Å². The van der Waals surface area contributed by atoms with Crippen LogP contribution in [0, 0.1) is 6.92 Å². The molecule has 0 saturated carbocycles. The van der Waals surface area contributed by atoms with Crippen molar-refractivity contribution < 1.29 is 22.7 Å². The highest BCUT2D eigenvalue weighted by atomic mass is 19.4. The van der Waals surface area contributed by atoms with E-state index in [2.05, 4.69) is 25.6 Å². The number of carbonyl (C=O) groups is 1. The van der Waals surface area contributed by atoms with Crippen molar-refractivity contribution in [3.05, 3.63) is 114 Å². The van der Waals surface area contributed by atoms with Crippen molar-refractivity contribution in [2.45, 2.75) is 20.0 Å². The molecule has 3 heterocycles. The average molecular weight is 623 g/mol. The summed E-state index contributed by atoms with van der Waals surface area (Å²) in [6.45, 7) is 4.34. The number of amides is 1. The van der Waals surface area contributed by atoms with E-state index in [4.69, 9.17) is 4.74 Å². The number of alkyl halides is 3. The van der Waals surface area contributed by atoms with Crippen molar-refractivity contribution in [2.75, 3.05) is 17.2 Å². The molecule has 8 nitrogen and oxygen atoms in total. The van der Waals surface area contributed by atoms with E-state index in [0.717, 1.165) is 39.7 Å². The van der Waals surface area contributed by atoms with Gasteiger partial charge in [0.15, 0.2) is 0 Å². The van der Waals surface area contributed by atoms with Gasteiger partial charge in [0.05, 0.1) is 23.4 Å². The van der Waals surface area contributed by atoms with Gasteiger partial charge in [0.2, 0.25) is 11.8 Å². The van der Waals surface area contributed by atoms with Gasteiger partial charge in [0.25, 0.3) is 5.91 Å². The van der Waals surface area contributed by atoms with Crippen LogP contribution in [-0.4, -0.2) is 32.0 Å². The Kier molecular flexibility index (Phi) is 8.14. The molecule has 232 valence electrons. The quantitative estimate of drug-likeness (QED) is 0.177. The maximum absolute atomic E-state index is 13.3. The molecular weight excluding hydrogens is 593 g/mol. The molecule has 0 aliphatic heterocycles. The topological polar surface area (TPSA) is 94.0 Å². The number of rotatable bonds is 8. The Balaban J connectivity index is 1.19. The summed E-state index contributed by atoms with van der Waals surface area (Å²) in [5, 5.41) is 7.14. The van der Waals surface area contributed by atoms with Crippen LogP contribution < -0.4 is 15.4 Å². The van der Waals surface area contributed by atoms with Gasteiger partial charge in [0, 0.05) is 70.7 Å². The third-order valence-corrected chi connectivity index (χ3v) is 7.50. The minimum Gasteiger partial charge on any atom is -0.478 e. The summed E-state index contributed by atoms with van der Waals surface area (Å²) < 4.78 is 46.4. The zero-order valence-electron chi connectivity index (χ0n) is 25.2. The summed E-state index contributed by atoms with van der Waals surface area (Å²) in [6.07, 6.45) is 0.916. The molecule has 46 heavy (non-hydrogen) atoms. The molecule has 0 spiro atoms. The van der Waals surface area contributed by atoms with Crippen LogP contribution in [0.5, 0.6) is 5.88 Å². The third kappa shape index (κ3) is 6.39. The van der Waals surface area contributed by atoms with E-state index in [1.54, 1.807) is 24.4 Å². The first-order valence-electron chi connectivity index (χ1n) is 14.5. The van der Waals surface area contributed by atoms with Crippen LogP contribution in [-0.2, 0) is 13.2 Å². The standard InChI is InChI=1S/C35H29F3N6O2/c1-4-46-32-14-9-24(19-40-32)28-20-44(3)31-18-26(12-13-27(28)31)41-33(45)23-6-5-21(2)30(17-23)43-34-39-16-15-29(42-34)22-7-10-25(11-8-22)35(36,37)38/h5-20H,4H2,1-3H3,(H,41,45)(H,39,42,43). The molecule has 0 atom stereocenters. The predicted molar refractivity (Wildman–Crippen MR) is 172 cm³/mol. The van der Waals surface area contributed by atoms with Crippen LogP contribution >= 0.6 is 0 Å². The molecule has 6 aromatic rings. The van der Waals surface area contributed by atoms with Gasteiger partial charge in [-0.15, -0.1) is 0 Å². The summed E-state index contributed by atoms with van der Waals surface area (Å²) in [6, 6.07) is 21.2. The van der Waals surface area contributed by atoms with Gasteiger partial charge in [-0.25, -0.2) is 15.0 Å². The highest BCUT2D eigenvalue weighted by Crippen LogP contribution is 2.33. The van der Waals surface area contributed by atoms with Crippen molar-refractivity contribution in [1.82, 2.24) is 19.5 Å². The van der Waals surface area contributed by atoms with E-state index in [9.17, 15) is 18.0 Å². The Morgan fingerprint density at radius 2 is 1.72 bits per heavy atom. The lowest BCUT2D eigenvalue weighted by molar-refractivity contribution is -0.137. The Bertz CT molecular complexity index is 2040. The molecule has 0 aliphatic carbocycles. The van der Waals surface area contributed by atoms with Crippen molar-refractivity contribution in [3.8, 4) is 28.3 Å². The van der Waals surface area contributed by atoms with Crippen LogP contribution in [0.1, 0.15) is 28.4 Å². The molecule has 3 aromatic carbocycles. The van der Waals surface area contributed by atoms with E-state index < -0.39 is 11.7 Å². The van der Waals surface area contributed by atoms with Gasteiger partial charge in [-0.3, -0.25) is 4.79 Å². The molecule has 0 saturated heterocycles. The highest BCUT2D eigenvalue weighted by Gasteiger charge is 2.30. The van der Waals surface area contributed by atoms with Crippen LogP contribution in [0.2, 0.25) is 0 Å². The lowest BCUT2D eigenvalue weighted by Gasteiger charge is -2.12. The molecule has 0 bridgehead atoms. The number of nitrogens with zero attached hydrogens (tertiary/aromatic N) is 4. The minimum atomic E-state index is -4.42. The van der Waals surface area contributed by atoms with E-state index in [-0.39, 0.29) is 11.9 Å². The fourth-order valence-electron chi connectivity index (χ4n) is 5.10. The number of aromatic nitrogens is 4. The minimum absolute atomic E-state index is 0.241. The fraction of sp³-hybridized carbons (Fsp3) is 0.143. The van der Waals surface area contributed by atoms with E-state index in [1.807, 2.05) is 68.1 Å². The Morgan fingerprint density at radius 3 is 2.43 bits per heavy atom. The summed E-state index contributed by atoms with van der Waals surface area (Å²) in [4.78, 5) is 26.4. The number of hydrogen-bond acceptors (Lipinski definition) is 6. The molecule has 11 heteroatoms. The first-order chi connectivity index (χ1) is 22.1. The van der Waals surface area contributed by atoms with Crippen molar-refractivity contribution in [3.63, 3.8) is 0 Å². The molecule has 2 N–H and O–H groups in total. The normalized spacial score (nSPS) is 11.4. The highest BCUT2D eigenvalue weighted by molar-refractivity contribution is 6.06. The molecule has 0 radical (unpaired) electrons. The molecule has 0 fully saturated rings. The summed E-state index contributed by atoms with van der Waals surface area (Å²) in [5.74, 6) is 0.517. The van der Waals surface area contributed by atoms with Gasteiger partial charge in [-0.1, -0.05) is 24.3 Å². The van der Waals surface area contributed by atoms with Gasteiger partial charge < -0.3 is 19.9 Å². The molecule has 0 unspecified atom stereocenters. The van der Waals surface area contributed by atoms with E-state index >= 15 is 0 Å². The lowest BCUT2D eigenvalue weighted by atomic mass is 10.1. The number of pyridine rings is 1. The molecule has 6 rings (SSSR count). The molecule has 0 aliphatic rings. The smallest absolute Gasteiger partial charge is 0.416 e. The largest absolute Gasteiger partial charge is 0.478 e. The number of aryl methyl sites for hydroxylation is 2. The van der Waals surface area contributed by atoms with Gasteiger partial charge in [-0.2, -0.15) is 13.2 Å². The Morgan fingerprint density at radius 1 is 0.935 bits per heavy atom. The van der Waals surface area contributed by atoms with Crippen LogP contribution in [0.4, 0.5) is 30.5 Å². The second-order valence-corrected chi connectivity index (χ2v) is 10.7. The first kappa shape index (κ1) is 30.3. The zero-order chi connectivity index (χ0) is 32.4. The van der Waals surface area contributed by atoms with Crippen molar-refractivity contribution in [2.24, 2.45) is 7.05 Å². The summed E-state index contributed by atoms with van der Waals surface area (Å²) >= 11 is 0. The maximum Gasteiger partial charge on any atom is 0.416 e. The summed E-state index contributed by atoms with van der Waals surface area (Å²) in [5.41, 5.74) is 5.67. The monoisotopic (exact) mass is 622 g/mol. The summed E-state index contributed by atoms with van der Waals surface area (Å²) in [7, 11) is 1.95. The molecule has 1 amide bonds. The number of fused-ring (bicyclic) bond motifs is 1. The van der Waals surface area contributed by atoms with Crippen LogP contribution in [0.15, 0.2) is 97.5 Å². The first-order valence-corrected chi connectivity index (χ1v) is 14.5. The van der Waals surface area contributed by atoms with Crippen LogP contribution in [0.25, 0.3) is 33.3 Å². The second kappa shape index (κ2) is 12.4. The average Bonchev–Trinajstić information content (AvgIpc) is 3.37. The number of halogens is 3. The van der Waals surface area contributed by atoms with Crippen molar-refractivity contribution >= 4 is 34.1 Å². The third-order valence-electron chi connectivity index (χ3n) is 7.50. The van der Waals surface area contributed by atoms with E-state index in [0.29, 0.717) is 40.7 Å². The lowest BCUT2D eigenvalue weighted by Crippen LogP contribution is -2.12. The SMILES string of the molecule is CCOc1ccc(-c2cn(C)c3cc(NC(=O)c4ccc(C)c(Nc5nccc(-c6ccc(C(F)(F)F)cc6)n5)c4)ccc23)cn1. The fourth-order valence-corrected chi connectivity index (χ4v) is 5.10. The van der Waals surface area contributed by atoms with Crippen molar-refractivity contribution in [1.29, 1.82) is 0 Å². The predicted octanol–water partition coefficient (Wildman–Crippen LogP) is 8.42. The maximum atomic E-state index is 13.3. The number of anilines is 3. The number of ether oxygens (including phenoxy) is 1. The number of benzene rings is 3. The van der Waals surface area contributed by atoms with Crippen LogP contribution in [0.3, 0.4) is 0 Å². The second-order valence-electron chi connectivity index (χ2n) is 10.7. The number of nitrogens with one attached hydrogen (secondary N) is 2. The Hall–Kier alpha value is -5.71. The Labute approximate surface area is 262 Å². The van der Waals surface area contributed by atoms with Gasteiger partial charge >= 0.3 is 6.18 Å². The van der Waals surface area contributed by atoms with E-state index in [1.165, 1.54) is 18.3 Å². The molecule has 3 aromatic heterocycles. The molecular formula is C35H29F3N6O2. The number of carbonyl (C=O) groups excluding carboxylic acids is 1. The number of hydrogen-bond donors (Lipinski definition) is 2. The zero-order valence-corrected chi connectivity index (χ0v) is 25.2. The van der Waals surface area contributed by atoms with Gasteiger partial charge in [0.1, 0.15) is 0 Å².